The Bertz CT molecular complexity index is 292. The molecule has 0 amide bonds. The largest absolute Gasteiger partial charge is 0.506 e. The maximum Gasteiger partial charge on any atom is 0.179 e. The molecule has 2 nitrogen and oxygen atoms in total. The Morgan fingerprint density at radius 2 is 2.38 bits per heavy atom. The van der Waals surface area contributed by atoms with Crippen molar-refractivity contribution in [1.82, 2.24) is 0 Å². The van der Waals surface area contributed by atoms with Crippen LogP contribution in [0.15, 0.2) is 11.6 Å². The minimum absolute atomic E-state index is 0.111. The Balaban J connectivity index is 2.04. The molecule has 2 aliphatic carbocycles. The molecule has 2 atom stereocenters. The van der Waals surface area contributed by atoms with Crippen LogP contribution in [0.3, 0.4) is 0 Å². The average molecular weight is 176 g/mol. The maximum absolute atomic E-state index is 9.99. The lowest BCUT2D eigenvalue weighted by molar-refractivity contribution is -0.714. The molecule has 2 aliphatic heterocycles. The third-order valence-corrected chi connectivity index (χ3v) is 4.12. The normalized spacial score (nSPS) is 42.9. The molecular weight excluding hydrogens is 160 g/mol. The van der Waals surface area contributed by atoms with Crippen molar-refractivity contribution in [2.45, 2.75) is 56.5 Å². The van der Waals surface area contributed by atoms with E-state index in [1.54, 1.807) is 4.70 Å². The standard InChI is InChI=1S/C11H16N2/c12-13-10-6-3-5-9-4-1-2-7-11(9,13)8-10/h4,10H,1-3,5-8H2. The van der Waals surface area contributed by atoms with Gasteiger partial charge in [-0.2, -0.15) is 0 Å². The van der Waals surface area contributed by atoms with E-state index in [4.69, 9.17) is 0 Å². The Morgan fingerprint density at radius 3 is 3.23 bits per heavy atom. The molecule has 4 rings (SSSR count). The lowest BCUT2D eigenvalue weighted by atomic mass is 9.70. The quantitative estimate of drug-likeness (QED) is 0.400. The molecule has 3 fully saturated rings. The van der Waals surface area contributed by atoms with E-state index in [0.29, 0.717) is 6.04 Å². The number of allylic oxidation sites excluding steroid dienone is 1. The zero-order valence-electron chi connectivity index (χ0n) is 8.00. The molecule has 1 spiro atoms. The maximum atomic E-state index is 9.99. The van der Waals surface area contributed by atoms with E-state index in [9.17, 15) is 5.53 Å². The number of rotatable bonds is 0. The molecule has 0 radical (unpaired) electrons. The summed E-state index contributed by atoms with van der Waals surface area (Å²) in [5, 5.41) is 0. The third-order valence-electron chi connectivity index (χ3n) is 4.12. The van der Waals surface area contributed by atoms with E-state index in [0.717, 1.165) is 0 Å². The molecule has 0 aromatic rings. The summed E-state index contributed by atoms with van der Waals surface area (Å²) in [7, 11) is 0. The second-order valence-corrected chi connectivity index (χ2v) is 4.75. The van der Waals surface area contributed by atoms with Crippen molar-refractivity contribution in [2.24, 2.45) is 0 Å². The van der Waals surface area contributed by atoms with Gasteiger partial charge in [-0.1, -0.05) is 6.08 Å². The zero-order chi connectivity index (χ0) is 8.89. The van der Waals surface area contributed by atoms with Gasteiger partial charge in [0.1, 0.15) is 6.04 Å². The zero-order valence-corrected chi connectivity index (χ0v) is 8.00. The van der Waals surface area contributed by atoms with Crippen LogP contribution in [0, 0.1) is 0 Å². The van der Waals surface area contributed by atoms with Crippen LogP contribution in [0.1, 0.15) is 44.9 Å². The Morgan fingerprint density at radius 1 is 1.46 bits per heavy atom. The van der Waals surface area contributed by atoms with Crippen LogP contribution in [-0.4, -0.2) is 16.3 Å². The van der Waals surface area contributed by atoms with E-state index in [1.165, 1.54) is 50.5 Å². The predicted molar refractivity (Wildman–Crippen MR) is 50.5 cm³/mol. The van der Waals surface area contributed by atoms with Gasteiger partial charge in [0.25, 0.3) is 0 Å². The highest BCUT2D eigenvalue weighted by Gasteiger charge is 2.57. The van der Waals surface area contributed by atoms with Crippen molar-refractivity contribution in [2.75, 3.05) is 0 Å². The number of hydrogen-bond acceptors (Lipinski definition) is 0. The SMILES string of the molecule is [N-]=[N+]1C2CCCC3=CCCCC31C2. The van der Waals surface area contributed by atoms with Crippen molar-refractivity contribution in [3.05, 3.63) is 17.2 Å². The van der Waals surface area contributed by atoms with Crippen molar-refractivity contribution < 1.29 is 4.70 Å². The summed E-state index contributed by atoms with van der Waals surface area (Å²) >= 11 is 0. The van der Waals surface area contributed by atoms with Crippen LogP contribution in [0.2, 0.25) is 0 Å². The first-order valence-electron chi connectivity index (χ1n) is 5.51. The Kier molecular flexibility index (Phi) is 1.44. The minimum atomic E-state index is 0.111. The number of nitrogens with zero attached hydrogens (tertiary/aromatic N) is 2. The summed E-state index contributed by atoms with van der Waals surface area (Å²) in [6.07, 6.45) is 11.0. The van der Waals surface area contributed by atoms with E-state index in [-0.39, 0.29) is 5.54 Å². The highest BCUT2D eigenvalue weighted by atomic mass is 15.3. The van der Waals surface area contributed by atoms with Gasteiger partial charge in [0.05, 0.1) is 6.42 Å². The number of fused-ring (bicyclic) bond motifs is 2. The van der Waals surface area contributed by atoms with Crippen LogP contribution >= 0.6 is 0 Å². The second-order valence-electron chi connectivity index (χ2n) is 4.75. The molecule has 4 aliphatic rings. The lowest BCUT2D eigenvalue weighted by Gasteiger charge is -2.48. The molecule has 2 unspecified atom stereocenters. The van der Waals surface area contributed by atoms with Gasteiger partial charge >= 0.3 is 0 Å². The fourth-order valence-electron chi connectivity index (χ4n) is 3.41. The van der Waals surface area contributed by atoms with Crippen molar-refractivity contribution in [3.63, 3.8) is 0 Å². The summed E-state index contributed by atoms with van der Waals surface area (Å²) in [6, 6.07) is 0.476. The van der Waals surface area contributed by atoms with Gasteiger partial charge in [0.2, 0.25) is 0 Å². The number of hydrogen-bond donors (Lipinski definition) is 0. The van der Waals surface area contributed by atoms with Gasteiger partial charge in [-0.05, 0) is 31.3 Å². The molecule has 2 saturated heterocycles. The molecule has 2 heteroatoms. The van der Waals surface area contributed by atoms with Crippen LogP contribution in [0.4, 0.5) is 0 Å². The highest BCUT2D eigenvalue weighted by molar-refractivity contribution is 5.24. The predicted octanol–water partition coefficient (Wildman–Crippen LogP) is 2.83. The minimum Gasteiger partial charge on any atom is -0.506 e. The molecular formula is C11H16N2. The van der Waals surface area contributed by atoms with Crippen molar-refractivity contribution >= 4 is 0 Å². The van der Waals surface area contributed by atoms with E-state index >= 15 is 0 Å². The van der Waals surface area contributed by atoms with Crippen LogP contribution in [0.25, 0.3) is 5.53 Å². The van der Waals surface area contributed by atoms with Gasteiger partial charge in [-0.15, -0.1) is 0 Å². The summed E-state index contributed by atoms with van der Waals surface area (Å²) < 4.78 is 1.67. The highest BCUT2D eigenvalue weighted by Crippen LogP contribution is 2.50. The van der Waals surface area contributed by atoms with Crippen molar-refractivity contribution in [3.8, 4) is 0 Å². The summed E-state index contributed by atoms with van der Waals surface area (Å²) in [4.78, 5) is 0. The monoisotopic (exact) mass is 176 g/mol. The smallest absolute Gasteiger partial charge is 0.179 e. The second kappa shape index (κ2) is 2.43. The van der Waals surface area contributed by atoms with Crippen LogP contribution in [0.5, 0.6) is 0 Å². The molecule has 70 valence electrons. The van der Waals surface area contributed by atoms with Gasteiger partial charge < -0.3 is 10.2 Å². The van der Waals surface area contributed by atoms with Crippen LogP contribution in [-0.2, 0) is 0 Å². The molecule has 2 heterocycles. The molecule has 13 heavy (non-hydrogen) atoms. The van der Waals surface area contributed by atoms with Gasteiger partial charge in [0.15, 0.2) is 5.54 Å². The lowest BCUT2D eigenvalue weighted by Crippen LogP contribution is -2.59. The van der Waals surface area contributed by atoms with Gasteiger partial charge in [-0.3, -0.25) is 0 Å². The average Bonchev–Trinajstić information content (AvgIpc) is 2.44. The third kappa shape index (κ3) is 0.839. The Hall–Kier alpha value is -0.660. The summed E-state index contributed by atoms with van der Waals surface area (Å²) in [5.41, 5.74) is 11.6. The Labute approximate surface area is 79.1 Å². The first-order valence-corrected chi connectivity index (χ1v) is 5.51. The molecule has 1 saturated carbocycles. The van der Waals surface area contributed by atoms with Gasteiger partial charge in [-0.25, -0.2) is 0 Å². The van der Waals surface area contributed by atoms with E-state index in [2.05, 4.69) is 6.08 Å². The van der Waals surface area contributed by atoms with E-state index < -0.39 is 0 Å². The molecule has 2 bridgehead atoms. The fourth-order valence-corrected chi connectivity index (χ4v) is 3.41. The topological polar surface area (TPSA) is 25.3 Å². The van der Waals surface area contributed by atoms with E-state index in [1.807, 2.05) is 0 Å². The fraction of sp³-hybridized carbons (Fsp3) is 0.818. The summed E-state index contributed by atoms with van der Waals surface area (Å²) in [5.74, 6) is 0. The molecule has 0 aromatic carbocycles. The van der Waals surface area contributed by atoms with Crippen LogP contribution < -0.4 is 0 Å². The first-order chi connectivity index (χ1) is 6.33. The molecule has 0 N–H and O–H groups in total. The van der Waals surface area contributed by atoms with Gasteiger partial charge in [0, 0.05) is 12.8 Å². The molecule has 0 aromatic heterocycles. The first kappa shape index (κ1) is 7.72. The summed E-state index contributed by atoms with van der Waals surface area (Å²) in [6.45, 7) is 0. The van der Waals surface area contributed by atoms with Crippen molar-refractivity contribution in [1.29, 1.82) is 0 Å².